The average molecular weight is 332 g/mol. The molecule has 0 radical (unpaired) electrons. The maximum Gasteiger partial charge on any atom is 0.341 e. The number of ether oxygens (including phenoxy) is 2. The van der Waals surface area contributed by atoms with E-state index in [2.05, 4.69) is 0 Å². The van der Waals surface area contributed by atoms with Gasteiger partial charge in [-0.2, -0.15) is 0 Å². The third kappa shape index (κ3) is 5.30. The second-order valence-corrected chi connectivity index (χ2v) is 6.30. The van der Waals surface area contributed by atoms with Crippen LogP contribution in [-0.2, 0) is 15.9 Å². The number of esters is 1. The molecule has 0 saturated heterocycles. The second-order valence-electron chi connectivity index (χ2n) is 4.91. The van der Waals surface area contributed by atoms with Crippen LogP contribution in [0.2, 0.25) is 0 Å². The summed E-state index contributed by atoms with van der Waals surface area (Å²) in [6.07, 6.45) is 1.79. The summed E-state index contributed by atoms with van der Waals surface area (Å²) in [5, 5.41) is 0. The van der Waals surface area contributed by atoms with Crippen LogP contribution >= 0.6 is 0 Å². The first kappa shape index (κ1) is 17.4. The number of hydrogen-bond acceptors (Lipinski definition) is 4. The Morgan fingerprint density at radius 2 is 1.78 bits per heavy atom. The highest BCUT2D eigenvalue weighted by Crippen LogP contribution is 2.21. The largest absolute Gasteiger partial charge is 0.609 e. The highest BCUT2D eigenvalue weighted by molar-refractivity contribution is 7.91. The van der Waals surface area contributed by atoms with Crippen molar-refractivity contribution in [3.8, 4) is 5.75 Å². The lowest BCUT2D eigenvalue weighted by Crippen LogP contribution is -2.15. The molecule has 0 amide bonds. The average Bonchev–Trinajstić information content (AvgIpc) is 2.60. The van der Waals surface area contributed by atoms with Crippen LogP contribution in [0.3, 0.4) is 0 Å². The molecule has 122 valence electrons. The molecule has 0 spiro atoms. The predicted molar refractivity (Wildman–Crippen MR) is 90.0 cm³/mol. The lowest BCUT2D eigenvalue weighted by molar-refractivity contribution is 0.0496. The minimum Gasteiger partial charge on any atom is -0.609 e. The molecule has 0 bridgehead atoms. The number of unbranched alkanes of at least 4 members (excludes halogenated alkanes) is 1. The van der Waals surface area contributed by atoms with E-state index >= 15 is 0 Å². The van der Waals surface area contributed by atoms with E-state index in [4.69, 9.17) is 9.47 Å². The molecule has 0 aliphatic rings. The zero-order valence-electron chi connectivity index (χ0n) is 13.1. The maximum absolute atomic E-state index is 12.2. The van der Waals surface area contributed by atoms with Crippen molar-refractivity contribution in [1.29, 1.82) is 0 Å². The molecule has 2 aromatic rings. The molecule has 0 saturated carbocycles. The summed E-state index contributed by atoms with van der Waals surface area (Å²) >= 11 is -1.29. The first-order valence-electron chi connectivity index (χ1n) is 7.54. The van der Waals surface area contributed by atoms with Gasteiger partial charge in [0.1, 0.15) is 11.3 Å². The van der Waals surface area contributed by atoms with Crippen molar-refractivity contribution in [2.45, 2.75) is 24.7 Å². The molecular weight excluding hydrogens is 312 g/mol. The van der Waals surface area contributed by atoms with Gasteiger partial charge in [0.2, 0.25) is 5.94 Å². The molecule has 5 heteroatoms. The molecule has 0 aliphatic heterocycles. The number of rotatable bonds is 8. The Morgan fingerprint density at radius 3 is 2.52 bits per heavy atom. The van der Waals surface area contributed by atoms with Crippen LogP contribution in [0.1, 0.15) is 30.1 Å². The van der Waals surface area contributed by atoms with E-state index in [-0.39, 0.29) is 5.94 Å². The van der Waals surface area contributed by atoms with Gasteiger partial charge < -0.3 is 14.0 Å². The summed E-state index contributed by atoms with van der Waals surface area (Å²) in [5.41, 5.74) is 0.355. The summed E-state index contributed by atoms with van der Waals surface area (Å²) in [6.45, 7) is 2.42. The van der Waals surface area contributed by atoms with Gasteiger partial charge in [0.15, 0.2) is 4.90 Å². The summed E-state index contributed by atoms with van der Waals surface area (Å²) in [4.78, 5) is 12.8. The standard InChI is InChI=1S/C18H20O4S/c1-2-3-13-21-18(19)16-11-7-8-12-17(16)22-14-23(20)15-9-5-4-6-10-15/h4-12H,2-3,13-14H2,1H3. The van der Waals surface area contributed by atoms with Gasteiger partial charge in [-0.25, -0.2) is 4.79 Å². The number of hydrogen-bond donors (Lipinski definition) is 0. The van der Waals surface area contributed by atoms with Crippen molar-refractivity contribution >= 4 is 17.1 Å². The van der Waals surface area contributed by atoms with E-state index in [0.717, 1.165) is 12.8 Å². The number of benzene rings is 2. The Balaban J connectivity index is 1.98. The Hall–Kier alpha value is -1.98. The molecule has 0 heterocycles. The minimum absolute atomic E-state index is 0.0106. The lowest BCUT2D eigenvalue weighted by Gasteiger charge is -2.13. The molecular formula is C18H20O4S. The molecule has 0 aliphatic carbocycles. The molecule has 0 aromatic heterocycles. The van der Waals surface area contributed by atoms with Crippen LogP contribution in [-0.4, -0.2) is 23.1 Å². The minimum atomic E-state index is -1.29. The highest BCUT2D eigenvalue weighted by Gasteiger charge is 2.16. The SMILES string of the molecule is CCCCOC(=O)c1ccccc1OC[S+]([O-])c1ccccc1. The van der Waals surface area contributed by atoms with Gasteiger partial charge in [-0.1, -0.05) is 43.7 Å². The highest BCUT2D eigenvalue weighted by atomic mass is 32.2. The topological polar surface area (TPSA) is 58.6 Å². The fourth-order valence-corrected chi connectivity index (χ4v) is 2.74. The molecule has 4 nitrogen and oxygen atoms in total. The Morgan fingerprint density at radius 1 is 1.09 bits per heavy atom. The van der Waals surface area contributed by atoms with E-state index < -0.39 is 17.1 Å². The Kier molecular flexibility index (Phi) is 6.97. The molecule has 2 rings (SSSR count). The fraction of sp³-hybridized carbons (Fsp3) is 0.278. The van der Waals surface area contributed by atoms with E-state index in [0.29, 0.717) is 22.8 Å². The van der Waals surface area contributed by atoms with Crippen molar-refractivity contribution in [3.05, 3.63) is 60.2 Å². The van der Waals surface area contributed by atoms with Crippen LogP contribution in [0.4, 0.5) is 0 Å². The molecule has 1 atom stereocenters. The van der Waals surface area contributed by atoms with Gasteiger partial charge in [-0.3, -0.25) is 0 Å². The van der Waals surface area contributed by atoms with Crippen molar-refractivity contribution in [1.82, 2.24) is 0 Å². The van der Waals surface area contributed by atoms with Crippen LogP contribution in [0.25, 0.3) is 0 Å². The number of carbonyl (C=O) groups excluding carboxylic acids is 1. The molecule has 0 N–H and O–H groups in total. The summed E-state index contributed by atoms with van der Waals surface area (Å²) in [7, 11) is 0. The van der Waals surface area contributed by atoms with Crippen LogP contribution in [0, 0.1) is 0 Å². The molecule has 2 aromatic carbocycles. The van der Waals surface area contributed by atoms with Gasteiger partial charge in [-0.05, 0) is 30.7 Å². The first-order chi connectivity index (χ1) is 11.2. The van der Waals surface area contributed by atoms with Gasteiger partial charge in [0.25, 0.3) is 0 Å². The molecule has 0 fully saturated rings. The van der Waals surface area contributed by atoms with Gasteiger partial charge in [0, 0.05) is 11.2 Å². The third-order valence-electron chi connectivity index (χ3n) is 3.17. The number of carbonyl (C=O) groups is 1. The Bertz CT molecular complexity index is 615. The second kappa shape index (κ2) is 9.22. The van der Waals surface area contributed by atoms with Crippen LogP contribution in [0.5, 0.6) is 5.75 Å². The predicted octanol–water partition coefficient (Wildman–Crippen LogP) is 3.79. The van der Waals surface area contributed by atoms with E-state index in [1.807, 2.05) is 25.1 Å². The van der Waals surface area contributed by atoms with Crippen molar-refractivity contribution < 1.29 is 18.8 Å². The monoisotopic (exact) mass is 332 g/mol. The summed E-state index contributed by atoms with van der Waals surface area (Å²) in [6, 6.07) is 15.9. The maximum atomic E-state index is 12.2. The lowest BCUT2D eigenvalue weighted by atomic mass is 10.2. The van der Waals surface area contributed by atoms with Crippen molar-refractivity contribution in [3.63, 3.8) is 0 Å². The van der Waals surface area contributed by atoms with E-state index in [9.17, 15) is 9.35 Å². The van der Waals surface area contributed by atoms with Gasteiger partial charge >= 0.3 is 5.97 Å². The summed E-state index contributed by atoms with van der Waals surface area (Å²) < 4.78 is 23.0. The summed E-state index contributed by atoms with van der Waals surface area (Å²) in [5.74, 6) is -0.0404. The number of para-hydroxylation sites is 1. The van der Waals surface area contributed by atoms with E-state index in [1.165, 1.54) is 0 Å². The fourth-order valence-electron chi connectivity index (χ4n) is 1.91. The zero-order valence-corrected chi connectivity index (χ0v) is 13.9. The van der Waals surface area contributed by atoms with Gasteiger partial charge in [-0.15, -0.1) is 0 Å². The normalized spacial score (nSPS) is 11.7. The van der Waals surface area contributed by atoms with Crippen LogP contribution < -0.4 is 4.74 Å². The Labute approximate surface area is 139 Å². The van der Waals surface area contributed by atoms with Crippen LogP contribution in [0.15, 0.2) is 59.5 Å². The molecule has 1 unspecified atom stereocenters. The zero-order chi connectivity index (χ0) is 16.5. The smallest absolute Gasteiger partial charge is 0.341 e. The van der Waals surface area contributed by atoms with E-state index in [1.54, 1.807) is 36.4 Å². The first-order valence-corrected chi connectivity index (χ1v) is 8.86. The van der Waals surface area contributed by atoms with Gasteiger partial charge in [0.05, 0.1) is 6.61 Å². The van der Waals surface area contributed by atoms with Crippen molar-refractivity contribution in [2.75, 3.05) is 12.5 Å². The quantitative estimate of drug-likeness (QED) is 0.419. The molecule has 23 heavy (non-hydrogen) atoms. The van der Waals surface area contributed by atoms with Crippen molar-refractivity contribution in [2.24, 2.45) is 0 Å². The third-order valence-corrected chi connectivity index (χ3v) is 4.30.